The number of benzene rings is 2. The highest BCUT2D eigenvalue weighted by atomic mass is 35.5. The minimum atomic E-state index is -0.542. The molecule has 2 aromatic rings. The van der Waals surface area contributed by atoms with Gasteiger partial charge < -0.3 is 15.4 Å². The lowest BCUT2D eigenvalue weighted by atomic mass is 10.2. The fourth-order valence-corrected chi connectivity index (χ4v) is 3.64. The average molecular weight is 404 g/mol. The molecule has 0 spiro atoms. The SMILES string of the molecule is COc1ccccc1N=C1NC(=O)[C@H](CC(=O)Nc2ccc(C)c(Cl)c2)S1. The first-order valence-electron chi connectivity index (χ1n) is 8.21. The van der Waals surface area contributed by atoms with Crippen LogP contribution >= 0.6 is 23.4 Å². The number of methoxy groups -OCH3 is 1. The molecule has 6 nitrogen and oxygen atoms in total. The monoisotopic (exact) mass is 403 g/mol. The Morgan fingerprint density at radius 2 is 2.11 bits per heavy atom. The number of amides is 2. The number of aliphatic imine (C=N–C) groups is 1. The number of hydrogen-bond donors (Lipinski definition) is 2. The summed E-state index contributed by atoms with van der Waals surface area (Å²) in [6, 6.07) is 12.5. The number of aryl methyl sites for hydroxylation is 1. The number of nitrogens with one attached hydrogen (secondary N) is 2. The molecule has 1 heterocycles. The molecule has 2 aromatic carbocycles. The molecule has 8 heteroatoms. The summed E-state index contributed by atoms with van der Waals surface area (Å²) in [6.45, 7) is 1.88. The third kappa shape index (κ3) is 4.81. The van der Waals surface area contributed by atoms with Crippen molar-refractivity contribution in [2.75, 3.05) is 12.4 Å². The van der Waals surface area contributed by atoms with Gasteiger partial charge in [0.05, 0.1) is 7.11 Å². The van der Waals surface area contributed by atoms with Crippen LogP contribution in [0.1, 0.15) is 12.0 Å². The fourth-order valence-electron chi connectivity index (χ4n) is 2.47. The number of hydrogen-bond acceptors (Lipinski definition) is 5. The Hall–Kier alpha value is -2.51. The quantitative estimate of drug-likeness (QED) is 0.793. The lowest BCUT2D eigenvalue weighted by Crippen LogP contribution is -2.28. The number of anilines is 1. The summed E-state index contributed by atoms with van der Waals surface area (Å²) < 4.78 is 5.25. The van der Waals surface area contributed by atoms with Gasteiger partial charge in [-0.25, -0.2) is 4.99 Å². The Morgan fingerprint density at radius 1 is 1.33 bits per heavy atom. The number of amidine groups is 1. The summed E-state index contributed by atoms with van der Waals surface area (Å²) in [5.41, 5.74) is 2.14. The zero-order valence-corrected chi connectivity index (χ0v) is 16.4. The summed E-state index contributed by atoms with van der Waals surface area (Å²) in [6.07, 6.45) is 0.0347. The standard InChI is InChI=1S/C19H18ClN3O3S/c1-11-7-8-12(9-13(11)20)21-17(24)10-16-18(25)23-19(27-16)22-14-5-3-4-6-15(14)26-2/h3-9,16H,10H2,1-2H3,(H,21,24)(H,22,23,25)/t16-/m0/s1. The molecule has 2 amide bonds. The maximum absolute atomic E-state index is 12.3. The molecule has 0 aromatic heterocycles. The van der Waals surface area contributed by atoms with Gasteiger partial charge in [0.15, 0.2) is 5.17 Å². The molecule has 1 saturated heterocycles. The zero-order valence-electron chi connectivity index (χ0n) is 14.8. The van der Waals surface area contributed by atoms with Crippen LogP contribution in [0.25, 0.3) is 0 Å². The first-order chi connectivity index (χ1) is 13.0. The van der Waals surface area contributed by atoms with Crippen molar-refractivity contribution < 1.29 is 14.3 Å². The van der Waals surface area contributed by atoms with Gasteiger partial charge in [0.25, 0.3) is 0 Å². The maximum Gasteiger partial charge on any atom is 0.240 e. The van der Waals surface area contributed by atoms with E-state index in [0.29, 0.717) is 27.3 Å². The van der Waals surface area contributed by atoms with E-state index in [4.69, 9.17) is 16.3 Å². The predicted molar refractivity (Wildman–Crippen MR) is 109 cm³/mol. The van der Waals surface area contributed by atoms with E-state index in [-0.39, 0.29) is 18.2 Å². The maximum atomic E-state index is 12.3. The molecule has 2 N–H and O–H groups in total. The first-order valence-corrected chi connectivity index (χ1v) is 9.47. The molecule has 0 saturated carbocycles. The molecule has 0 radical (unpaired) electrons. The second-order valence-electron chi connectivity index (χ2n) is 5.90. The van der Waals surface area contributed by atoms with E-state index < -0.39 is 5.25 Å². The number of ether oxygens (including phenoxy) is 1. The van der Waals surface area contributed by atoms with E-state index in [1.807, 2.05) is 25.1 Å². The largest absolute Gasteiger partial charge is 0.494 e. The Bertz CT molecular complexity index is 917. The van der Waals surface area contributed by atoms with Crippen molar-refractivity contribution in [1.82, 2.24) is 5.32 Å². The van der Waals surface area contributed by atoms with Crippen LogP contribution < -0.4 is 15.4 Å². The molecule has 3 rings (SSSR count). The van der Waals surface area contributed by atoms with Crippen molar-refractivity contribution in [1.29, 1.82) is 0 Å². The van der Waals surface area contributed by atoms with Gasteiger partial charge in [-0.15, -0.1) is 0 Å². The van der Waals surface area contributed by atoms with E-state index in [2.05, 4.69) is 15.6 Å². The molecule has 140 valence electrons. The van der Waals surface area contributed by atoms with Gasteiger partial charge in [0.1, 0.15) is 16.7 Å². The second kappa shape index (κ2) is 8.45. The normalized spacial score (nSPS) is 17.7. The lowest BCUT2D eigenvalue weighted by molar-refractivity contribution is -0.122. The summed E-state index contributed by atoms with van der Waals surface area (Å²) in [5, 5.41) is 5.95. The van der Waals surface area contributed by atoms with Crippen LogP contribution in [0.2, 0.25) is 5.02 Å². The van der Waals surface area contributed by atoms with Crippen molar-refractivity contribution in [3.8, 4) is 5.75 Å². The van der Waals surface area contributed by atoms with Crippen molar-refractivity contribution in [2.45, 2.75) is 18.6 Å². The minimum Gasteiger partial charge on any atom is -0.494 e. The van der Waals surface area contributed by atoms with Crippen LogP contribution in [-0.2, 0) is 9.59 Å². The Kier molecular flexibility index (Phi) is 6.03. The van der Waals surface area contributed by atoms with Gasteiger partial charge in [0, 0.05) is 17.1 Å². The zero-order chi connectivity index (χ0) is 19.4. The molecule has 1 aliphatic heterocycles. The Balaban J connectivity index is 1.64. The van der Waals surface area contributed by atoms with Gasteiger partial charge in [-0.3, -0.25) is 9.59 Å². The van der Waals surface area contributed by atoms with Gasteiger partial charge in [-0.1, -0.05) is 41.6 Å². The Morgan fingerprint density at radius 3 is 2.85 bits per heavy atom. The summed E-state index contributed by atoms with van der Waals surface area (Å²) in [7, 11) is 1.56. The minimum absolute atomic E-state index is 0.0347. The first kappa shape index (κ1) is 19.3. The molecule has 1 fully saturated rings. The summed E-state index contributed by atoms with van der Waals surface area (Å²) >= 11 is 7.29. The van der Waals surface area contributed by atoms with Crippen LogP contribution in [0.15, 0.2) is 47.5 Å². The van der Waals surface area contributed by atoms with Crippen LogP contribution in [0.5, 0.6) is 5.75 Å². The molecule has 27 heavy (non-hydrogen) atoms. The molecule has 0 aliphatic carbocycles. The molecule has 1 atom stereocenters. The number of carbonyl (C=O) groups is 2. The second-order valence-corrected chi connectivity index (χ2v) is 7.50. The molecule has 1 aliphatic rings. The summed E-state index contributed by atoms with van der Waals surface area (Å²) in [4.78, 5) is 28.9. The number of nitrogens with zero attached hydrogens (tertiary/aromatic N) is 1. The van der Waals surface area contributed by atoms with Crippen LogP contribution in [0.3, 0.4) is 0 Å². The van der Waals surface area contributed by atoms with Crippen molar-refractivity contribution in [3.05, 3.63) is 53.1 Å². The topological polar surface area (TPSA) is 79.8 Å². The highest BCUT2D eigenvalue weighted by Crippen LogP contribution is 2.30. The lowest BCUT2D eigenvalue weighted by Gasteiger charge is -2.08. The average Bonchev–Trinajstić information content (AvgIpc) is 2.97. The van der Waals surface area contributed by atoms with Gasteiger partial charge in [0.2, 0.25) is 11.8 Å². The molecule has 0 bridgehead atoms. The smallest absolute Gasteiger partial charge is 0.240 e. The number of carbonyl (C=O) groups excluding carboxylic acids is 2. The van der Waals surface area contributed by atoms with Gasteiger partial charge in [-0.05, 0) is 36.8 Å². The third-order valence-electron chi connectivity index (χ3n) is 3.91. The molecule has 0 unspecified atom stereocenters. The van der Waals surface area contributed by atoms with E-state index >= 15 is 0 Å². The van der Waals surface area contributed by atoms with Crippen LogP contribution in [0.4, 0.5) is 11.4 Å². The number of halogens is 1. The van der Waals surface area contributed by atoms with E-state index in [1.165, 1.54) is 11.8 Å². The number of rotatable bonds is 5. The molecular weight excluding hydrogens is 386 g/mol. The number of thioether (sulfide) groups is 1. The van der Waals surface area contributed by atoms with Crippen molar-refractivity contribution >= 4 is 51.7 Å². The highest BCUT2D eigenvalue weighted by molar-refractivity contribution is 8.15. The van der Waals surface area contributed by atoms with E-state index in [9.17, 15) is 9.59 Å². The van der Waals surface area contributed by atoms with E-state index in [0.717, 1.165) is 5.56 Å². The Labute approximate surface area is 166 Å². The third-order valence-corrected chi connectivity index (χ3v) is 5.40. The number of para-hydroxylation sites is 2. The molecular formula is C19H18ClN3O3S. The van der Waals surface area contributed by atoms with Gasteiger partial charge in [-0.2, -0.15) is 0 Å². The van der Waals surface area contributed by atoms with Crippen LogP contribution in [-0.4, -0.2) is 29.3 Å². The highest BCUT2D eigenvalue weighted by Gasteiger charge is 2.32. The van der Waals surface area contributed by atoms with Crippen molar-refractivity contribution in [2.24, 2.45) is 4.99 Å². The van der Waals surface area contributed by atoms with Crippen LogP contribution in [0, 0.1) is 6.92 Å². The predicted octanol–water partition coefficient (Wildman–Crippen LogP) is 3.90. The van der Waals surface area contributed by atoms with E-state index in [1.54, 1.807) is 31.4 Å². The fraction of sp³-hybridized carbons (Fsp3) is 0.211. The van der Waals surface area contributed by atoms with Crippen molar-refractivity contribution in [3.63, 3.8) is 0 Å². The van der Waals surface area contributed by atoms with Gasteiger partial charge >= 0.3 is 0 Å². The summed E-state index contributed by atoms with van der Waals surface area (Å²) in [5.74, 6) is 0.101.